The van der Waals surface area contributed by atoms with Crippen molar-refractivity contribution < 1.29 is 47.2 Å². The maximum Gasteiger partial charge on any atom is 0.472 e. The largest absolute Gasteiger partial charge is 0.472 e. The molecule has 0 heterocycles. The number of carbonyl (C=O) groups excluding carboxylic acids is 2. The third kappa shape index (κ3) is 42.6. The first-order valence-electron chi connectivity index (χ1n) is 21.7. The summed E-state index contributed by atoms with van der Waals surface area (Å²) in [6.45, 7) is 3.93. The number of allylic oxidation sites excluding steroid dienone is 16. The minimum Gasteiger partial charge on any atom is -0.462 e. The van der Waals surface area contributed by atoms with Gasteiger partial charge in [-0.15, -0.1) is 0 Å². The van der Waals surface area contributed by atoms with Gasteiger partial charge in [-0.25, -0.2) is 4.57 Å². The Bertz CT molecular complexity index is 1380. The van der Waals surface area contributed by atoms with Gasteiger partial charge in [0, 0.05) is 12.8 Å². The number of aliphatic hydroxyl groups excluding tert-OH is 1. The van der Waals surface area contributed by atoms with E-state index < -0.39 is 38.6 Å². The number of rotatable bonds is 37. The number of quaternary nitrogens is 1. The number of phosphoric acid groups is 1. The van der Waals surface area contributed by atoms with Crippen LogP contribution in [0.5, 0.6) is 0 Å². The number of esters is 2. The van der Waals surface area contributed by atoms with Crippen LogP contribution in [0.2, 0.25) is 0 Å². The molecule has 10 nitrogen and oxygen atoms in total. The highest BCUT2D eigenvalue weighted by atomic mass is 31.2. The van der Waals surface area contributed by atoms with E-state index in [0.29, 0.717) is 30.3 Å². The summed E-state index contributed by atoms with van der Waals surface area (Å²) in [5.41, 5.74) is 0. The van der Waals surface area contributed by atoms with Gasteiger partial charge >= 0.3 is 19.8 Å². The minimum absolute atomic E-state index is 0.0102. The van der Waals surface area contributed by atoms with Gasteiger partial charge in [0.25, 0.3) is 0 Å². The Balaban J connectivity index is 4.65. The van der Waals surface area contributed by atoms with Crippen LogP contribution in [0.15, 0.2) is 109 Å². The van der Waals surface area contributed by atoms with Crippen LogP contribution in [0, 0.1) is 0 Å². The molecule has 0 saturated carbocycles. The first-order valence-corrected chi connectivity index (χ1v) is 23.2. The van der Waals surface area contributed by atoms with Crippen molar-refractivity contribution in [3.05, 3.63) is 109 Å². The van der Waals surface area contributed by atoms with E-state index in [1.165, 1.54) is 0 Å². The molecule has 0 aromatic carbocycles. The van der Waals surface area contributed by atoms with Gasteiger partial charge in [-0.2, -0.15) is 0 Å². The number of ether oxygens (including phenoxy) is 2. The van der Waals surface area contributed by atoms with Crippen LogP contribution < -0.4 is 0 Å². The molecule has 0 bridgehead atoms. The third-order valence-corrected chi connectivity index (χ3v) is 9.38. The van der Waals surface area contributed by atoms with Gasteiger partial charge in [0.15, 0.2) is 6.10 Å². The second-order valence-corrected chi connectivity index (χ2v) is 16.6. The van der Waals surface area contributed by atoms with Gasteiger partial charge in [-0.1, -0.05) is 142 Å². The Morgan fingerprint density at radius 1 is 0.610 bits per heavy atom. The summed E-state index contributed by atoms with van der Waals surface area (Å²) in [6.07, 6.45) is 48.9. The predicted octanol–water partition coefficient (Wildman–Crippen LogP) is 11.3. The zero-order valence-corrected chi connectivity index (χ0v) is 37.9. The van der Waals surface area contributed by atoms with Crippen molar-refractivity contribution in [2.45, 2.75) is 135 Å². The summed E-state index contributed by atoms with van der Waals surface area (Å²) in [5.74, 6) is -1.01. The van der Waals surface area contributed by atoms with E-state index in [-0.39, 0.29) is 26.1 Å². The Kier molecular flexibility index (Phi) is 36.6. The smallest absolute Gasteiger partial charge is 0.462 e. The topological polar surface area (TPSA) is 129 Å². The Morgan fingerprint density at radius 3 is 1.76 bits per heavy atom. The fourth-order valence-electron chi connectivity index (χ4n) is 5.02. The van der Waals surface area contributed by atoms with E-state index in [4.69, 9.17) is 18.5 Å². The molecule has 0 radical (unpaired) electrons. The number of likely N-dealkylation sites (N-methyl/N-ethyl adjacent to an activating group) is 1. The van der Waals surface area contributed by atoms with Crippen LogP contribution in [0.4, 0.5) is 0 Å². The normalized spacial score (nSPS) is 15.2. The zero-order chi connectivity index (χ0) is 43.7. The average Bonchev–Trinajstić information content (AvgIpc) is 3.18. The molecule has 0 saturated heterocycles. The first-order chi connectivity index (χ1) is 28.4. The number of unbranched alkanes of at least 4 members (excludes halogenated alkanes) is 5. The molecule has 2 unspecified atom stereocenters. The van der Waals surface area contributed by atoms with E-state index >= 15 is 0 Å². The van der Waals surface area contributed by atoms with Gasteiger partial charge in [0.05, 0.1) is 33.9 Å². The maximum atomic E-state index is 12.7. The van der Waals surface area contributed by atoms with Crippen LogP contribution in [0.3, 0.4) is 0 Å². The summed E-state index contributed by atoms with van der Waals surface area (Å²) in [4.78, 5) is 35.3. The van der Waals surface area contributed by atoms with E-state index in [9.17, 15) is 24.2 Å². The fourth-order valence-corrected chi connectivity index (χ4v) is 5.76. The van der Waals surface area contributed by atoms with Crippen molar-refractivity contribution in [1.82, 2.24) is 0 Å². The molecule has 0 aliphatic heterocycles. The zero-order valence-electron chi connectivity index (χ0n) is 37.0. The molecule has 334 valence electrons. The Morgan fingerprint density at radius 2 is 1.15 bits per heavy atom. The summed E-state index contributed by atoms with van der Waals surface area (Å²) >= 11 is 0. The summed E-state index contributed by atoms with van der Waals surface area (Å²) < 4.78 is 34.1. The lowest BCUT2D eigenvalue weighted by molar-refractivity contribution is -0.870. The summed E-state index contributed by atoms with van der Waals surface area (Å²) in [5, 5.41) is 10.2. The minimum atomic E-state index is -4.44. The molecule has 3 atom stereocenters. The lowest BCUT2D eigenvalue weighted by Gasteiger charge is -2.24. The van der Waals surface area contributed by atoms with E-state index in [2.05, 4.69) is 86.8 Å². The van der Waals surface area contributed by atoms with Crippen molar-refractivity contribution >= 4 is 19.8 Å². The lowest BCUT2D eigenvalue weighted by atomic mass is 10.1. The number of hydrogen-bond acceptors (Lipinski definition) is 8. The molecule has 11 heteroatoms. The van der Waals surface area contributed by atoms with E-state index in [0.717, 1.165) is 77.0 Å². The predicted molar refractivity (Wildman–Crippen MR) is 244 cm³/mol. The van der Waals surface area contributed by atoms with Crippen molar-refractivity contribution in [3.8, 4) is 0 Å². The highest BCUT2D eigenvalue weighted by molar-refractivity contribution is 7.47. The van der Waals surface area contributed by atoms with E-state index in [1.807, 2.05) is 39.4 Å². The molecule has 0 spiro atoms. The molecular formula is C48H79NO9P+. The number of carbonyl (C=O) groups is 2. The van der Waals surface area contributed by atoms with Crippen LogP contribution in [0.25, 0.3) is 0 Å². The lowest BCUT2D eigenvalue weighted by Crippen LogP contribution is -2.37. The number of aliphatic hydroxyl groups is 1. The first kappa shape index (κ1) is 55.6. The standard InChI is InChI=1S/C48H78NO9P/c1-6-8-10-12-14-16-18-20-21-23-25-27-29-31-35-39-47(51)55-43-46(44-57-59(53,54)56-42-41-49(3,4)5)58-48(52)40-36-32-34-38-45(50)37-33-30-28-26-24-22-19-17-15-13-11-9-7-2/h8-11,14-17,20-22,24,28,30,32-34,37,45-46,50H,6-7,12-13,18-19,23,25-27,29,31,35-36,38-44H2,1-5H3/p+1/b10-8-,11-9-,16-14-,17-15-,21-20-,24-22-,30-28-,34-32-,37-33-/t45?,46-/m1/s1. The third-order valence-electron chi connectivity index (χ3n) is 8.39. The van der Waals surface area contributed by atoms with Crippen LogP contribution in [0.1, 0.15) is 123 Å². The molecule has 59 heavy (non-hydrogen) atoms. The molecular weight excluding hydrogens is 766 g/mol. The second kappa shape index (κ2) is 38.8. The van der Waals surface area contributed by atoms with Crippen LogP contribution >= 0.6 is 7.82 Å². The average molecular weight is 845 g/mol. The Hall–Kier alpha value is -3.37. The number of phosphoric ester groups is 1. The molecule has 2 N–H and O–H groups in total. The van der Waals surface area contributed by atoms with Crippen molar-refractivity contribution in [3.63, 3.8) is 0 Å². The van der Waals surface area contributed by atoms with Crippen molar-refractivity contribution in [2.75, 3.05) is 47.5 Å². The Labute approximate surface area is 358 Å². The van der Waals surface area contributed by atoms with Gasteiger partial charge in [-0.3, -0.25) is 18.6 Å². The molecule has 0 aromatic rings. The number of hydrogen-bond donors (Lipinski definition) is 2. The van der Waals surface area contributed by atoms with Crippen molar-refractivity contribution in [2.24, 2.45) is 0 Å². The second-order valence-electron chi connectivity index (χ2n) is 15.2. The van der Waals surface area contributed by atoms with Gasteiger partial charge in [0.1, 0.15) is 19.8 Å². The molecule has 0 aliphatic carbocycles. The highest BCUT2D eigenvalue weighted by Gasteiger charge is 2.27. The van der Waals surface area contributed by atoms with Crippen molar-refractivity contribution in [1.29, 1.82) is 0 Å². The summed E-state index contributed by atoms with van der Waals surface area (Å²) in [6, 6.07) is 0. The van der Waals surface area contributed by atoms with E-state index in [1.54, 1.807) is 18.2 Å². The molecule has 0 rings (SSSR count). The number of nitrogens with zero attached hydrogens (tertiary/aromatic N) is 1. The quantitative estimate of drug-likeness (QED) is 0.0157. The van der Waals surface area contributed by atoms with Crippen LogP contribution in [-0.4, -0.2) is 86.1 Å². The fraction of sp³-hybridized carbons (Fsp3) is 0.583. The monoisotopic (exact) mass is 845 g/mol. The molecule has 0 aromatic heterocycles. The molecule has 0 aliphatic rings. The molecule has 0 amide bonds. The van der Waals surface area contributed by atoms with Gasteiger partial charge in [-0.05, 0) is 77.0 Å². The van der Waals surface area contributed by atoms with Crippen LogP contribution in [-0.2, 0) is 32.7 Å². The molecule has 0 fully saturated rings. The highest BCUT2D eigenvalue weighted by Crippen LogP contribution is 2.43. The SMILES string of the molecule is CC/C=C\C/C=C\C/C=C\C/C=C\C=C/C(O)C/C=C\CCC(=O)O[C@H](COC(=O)CCCCCCC/C=C\C/C=C\C/C=C\CC)COP(=O)(O)OCC[N+](C)(C)C. The van der Waals surface area contributed by atoms with Gasteiger partial charge < -0.3 is 24.0 Å². The summed E-state index contributed by atoms with van der Waals surface area (Å²) in [7, 11) is 1.33. The maximum absolute atomic E-state index is 12.7. The van der Waals surface area contributed by atoms with Gasteiger partial charge in [0.2, 0.25) is 0 Å².